The number of anilines is 1. The maximum absolute atomic E-state index is 11.9. The van der Waals surface area contributed by atoms with Crippen molar-refractivity contribution in [3.05, 3.63) is 36.2 Å². The summed E-state index contributed by atoms with van der Waals surface area (Å²) >= 11 is 0. The van der Waals surface area contributed by atoms with Gasteiger partial charge in [-0.2, -0.15) is 0 Å². The number of nitrogens with zero attached hydrogens (tertiary/aromatic N) is 2. The highest BCUT2D eigenvalue weighted by atomic mass is 16.4. The molecule has 0 unspecified atom stereocenters. The number of hydrogen-bond acceptors (Lipinski definition) is 3. The van der Waals surface area contributed by atoms with E-state index in [0.29, 0.717) is 18.7 Å². The zero-order valence-corrected chi connectivity index (χ0v) is 14.0. The number of amides is 2. The molecule has 2 aromatic rings. The minimum absolute atomic E-state index is 0.0424. The van der Waals surface area contributed by atoms with Crippen molar-refractivity contribution in [2.45, 2.75) is 38.6 Å². The van der Waals surface area contributed by atoms with E-state index in [0.717, 1.165) is 30.8 Å². The van der Waals surface area contributed by atoms with Crippen LogP contribution in [-0.2, 0) is 17.8 Å². The maximum Gasteiger partial charge on any atom is 0.319 e. The standard InChI is InChI=1S/C18H22N4O3/c23-16(24)8-4-9-19-18(25)21-14-6-3-5-13(11-14)17-20-12-15-7-1-2-10-22(15)17/h3,5-6,11-12H,1-2,4,7-10H2,(H,23,24)(H2,19,21,25). The molecule has 3 rings (SSSR count). The molecular formula is C18H22N4O3. The number of fused-ring (bicyclic) bond motifs is 1. The Labute approximate surface area is 146 Å². The number of imidazole rings is 1. The van der Waals surface area contributed by atoms with Crippen molar-refractivity contribution in [2.75, 3.05) is 11.9 Å². The lowest BCUT2D eigenvalue weighted by atomic mass is 10.1. The lowest BCUT2D eigenvalue weighted by molar-refractivity contribution is -0.137. The summed E-state index contributed by atoms with van der Waals surface area (Å²) in [5.74, 6) is 0.0677. The van der Waals surface area contributed by atoms with Crippen LogP contribution in [0.2, 0.25) is 0 Å². The van der Waals surface area contributed by atoms with Crippen LogP contribution in [0.25, 0.3) is 11.4 Å². The summed E-state index contributed by atoms with van der Waals surface area (Å²) in [5, 5.41) is 14.0. The van der Waals surface area contributed by atoms with Crippen LogP contribution in [0.3, 0.4) is 0 Å². The minimum atomic E-state index is -0.863. The Bertz CT molecular complexity index is 769. The van der Waals surface area contributed by atoms with Crippen molar-refractivity contribution in [2.24, 2.45) is 0 Å². The molecule has 1 aliphatic heterocycles. The second kappa shape index (κ2) is 7.83. The van der Waals surface area contributed by atoms with Gasteiger partial charge in [0.25, 0.3) is 0 Å². The summed E-state index contributed by atoms with van der Waals surface area (Å²) < 4.78 is 2.24. The summed E-state index contributed by atoms with van der Waals surface area (Å²) in [7, 11) is 0. The SMILES string of the molecule is O=C(O)CCCNC(=O)Nc1cccc(-c2ncc3n2CCCC3)c1. The molecule has 25 heavy (non-hydrogen) atoms. The van der Waals surface area contributed by atoms with Crippen molar-refractivity contribution in [1.29, 1.82) is 0 Å². The Hall–Kier alpha value is -2.83. The molecule has 0 atom stereocenters. The molecule has 0 bridgehead atoms. The van der Waals surface area contributed by atoms with Crippen LogP contribution < -0.4 is 10.6 Å². The minimum Gasteiger partial charge on any atom is -0.481 e. The number of carboxylic acid groups (broad SMARTS) is 1. The van der Waals surface area contributed by atoms with E-state index in [2.05, 4.69) is 20.2 Å². The molecule has 1 aromatic carbocycles. The predicted molar refractivity (Wildman–Crippen MR) is 94.5 cm³/mol. The van der Waals surface area contributed by atoms with Crippen LogP contribution in [-0.4, -0.2) is 33.2 Å². The number of aliphatic carboxylic acids is 1. The molecule has 7 heteroatoms. The zero-order valence-electron chi connectivity index (χ0n) is 14.0. The number of benzene rings is 1. The first-order valence-electron chi connectivity index (χ1n) is 8.55. The van der Waals surface area contributed by atoms with Crippen LogP contribution >= 0.6 is 0 Å². The first-order chi connectivity index (χ1) is 12.1. The van der Waals surface area contributed by atoms with E-state index in [4.69, 9.17) is 5.11 Å². The highest BCUT2D eigenvalue weighted by Gasteiger charge is 2.15. The van der Waals surface area contributed by atoms with Crippen molar-refractivity contribution >= 4 is 17.7 Å². The van der Waals surface area contributed by atoms with Crippen LogP contribution in [0.1, 0.15) is 31.4 Å². The van der Waals surface area contributed by atoms with Gasteiger partial charge in [0.05, 0.1) is 0 Å². The number of aromatic nitrogens is 2. The number of carbonyl (C=O) groups is 2. The Morgan fingerprint density at radius 3 is 3.00 bits per heavy atom. The summed E-state index contributed by atoms with van der Waals surface area (Å²) in [6.45, 7) is 1.30. The van der Waals surface area contributed by atoms with Gasteiger partial charge in [-0.05, 0) is 37.8 Å². The highest BCUT2D eigenvalue weighted by molar-refractivity contribution is 5.89. The number of carbonyl (C=O) groups excluding carboxylic acids is 1. The van der Waals surface area contributed by atoms with Gasteiger partial charge in [-0.25, -0.2) is 9.78 Å². The Balaban J connectivity index is 1.63. The fraction of sp³-hybridized carbons (Fsp3) is 0.389. The van der Waals surface area contributed by atoms with Gasteiger partial charge in [0.15, 0.2) is 0 Å². The van der Waals surface area contributed by atoms with Crippen molar-refractivity contribution < 1.29 is 14.7 Å². The summed E-state index contributed by atoms with van der Waals surface area (Å²) in [6, 6.07) is 7.26. The Morgan fingerprint density at radius 2 is 2.16 bits per heavy atom. The molecule has 0 saturated carbocycles. The van der Waals surface area contributed by atoms with Crippen LogP contribution in [0.4, 0.5) is 10.5 Å². The van der Waals surface area contributed by atoms with Gasteiger partial charge in [0.2, 0.25) is 0 Å². The third kappa shape index (κ3) is 4.37. The van der Waals surface area contributed by atoms with E-state index >= 15 is 0 Å². The Morgan fingerprint density at radius 1 is 1.28 bits per heavy atom. The molecule has 0 saturated heterocycles. The fourth-order valence-corrected chi connectivity index (χ4v) is 3.02. The van der Waals surface area contributed by atoms with E-state index in [1.54, 1.807) is 0 Å². The van der Waals surface area contributed by atoms with Crippen LogP contribution in [0, 0.1) is 0 Å². The van der Waals surface area contributed by atoms with Gasteiger partial charge in [-0.3, -0.25) is 4.79 Å². The number of urea groups is 1. The highest BCUT2D eigenvalue weighted by Crippen LogP contribution is 2.26. The zero-order chi connectivity index (χ0) is 17.6. The average Bonchev–Trinajstić information content (AvgIpc) is 3.03. The summed E-state index contributed by atoms with van der Waals surface area (Å²) in [6.07, 6.45) is 5.80. The van der Waals surface area contributed by atoms with Gasteiger partial charge >= 0.3 is 12.0 Å². The van der Waals surface area contributed by atoms with Gasteiger partial charge in [-0.1, -0.05) is 12.1 Å². The van der Waals surface area contributed by atoms with Crippen LogP contribution in [0.5, 0.6) is 0 Å². The van der Waals surface area contributed by atoms with Gasteiger partial charge in [0, 0.05) is 42.7 Å². The molecule has 1 aromatic heterocycles. The smallest absolute Gasteiger partial charge is 0.319 e. The third-order valence-electron chi connectivity index (χ3n) is 4.23. The molecular weight excluding hydrogens is 320 g/mol. The molecule has 2 heterocycles. The van der Waals surface area contributed by atoms with Crippen molar-refractivity contribution in [3.8, 4) is 11.4 Å². The quantitative estimate of drug-likeness (QED) is 0.703. The molecule has 7 nitrogen and oxygen atoms in total. The molecule has 2 amide bonds. The second-order valence-electron chi connectivity index (χ2n) is 6.14. The third-order valence-corrected chi connectivity index (χ3v) is 4.23. The average molecular weight is 342 g/mol. The van der Waals surface area contributed by atoms with E-state index < -0.39 is 5.97 Å². The fourth-order valence-electron chi connectivity index (χ4n) is 3.02. The van der Waals surface area contributed by atoms with E-state index in [9.17, 15) is 9.59 Å². The normalized spacial score (nSPS) is 13.1. The topological polar surface area (TPSA) is 96.2 Å². The number of nitrogens with one attached hydrogen (secondary N) is 2. The molecule has 132 valence electrons. The van der Waals surface area contributed by atoms with Crippen molar-refractivity contribution in [1.82, 2.24) is 14.9 Å². The summed E-state index contributed by atoms with van der Waals surface area (Å²) in [5.41, 5.74) is 2.91. The molecule has 3 N–H and O–H groups in total. The van der Waals surface area contributed by atoms with Gasteiger partial charge in [0.1, 0.15) is 5.82 Å². The molecule has 0 aliphatic carbocycles. The molecule has 0 fully saturated rings. The number of rotatable bonds is 6. The van der Waals surface area contributed by atoms with E-state index in [1.165, 1.54) is 12.1 Å². The molecule has 0 spiro atoms. The van der Waals surface area contributed by atoms with Crippen molar-refractivity contribution in [3.63, 3.8) is 0 Å². The second-order valence-corrected chi connectivity index (χ2v) is 6.14. The lowest BCUT2D eigenvalue weighted by Crippen LogP contribution is -2.29. The van der Waals surface area contributed by atoms with Crippen LogP contribution in [0.15, 0.2) is 30.5 Å². The first-order valence-corrected chi connectivity index (χ1v) is 8.55. The first kappa shape index (κ1) is 17.0. The maximum atomic E-state index is 11.9. The van der Waals surface area contributed by atoms with Gasteiger partial charge in [-0.15, -0.1) is 0 Å². The Kier molecular flexibility index (Phi) is 5.33. The number of aryl methyl sites for hydroxylation is 1. The predicted octanol–water partition coefficient (Wildman–Crippen LogP) is 2.87. The monoisotopic (exact) mass is 342 g/mol. The summed E-state index contributed by atoms with van der Waals surface area (Å²) in [4.78, 5) is 26.9. The number of hydrogen-bond donors (Lipinski definition) is 3. The van der Waals surface area contributed by atoms with Gasteiger partial charge < -0.3 is 20.3 Å². The van der Waals surface area contributed by atoms with E-state index in [1.807, 2.05) is 30.5 Å². The molecule has 0 radical (unpaired) electrons. The lowest BCUT2D eigenvalue weighted by Gasteiger charge is -2.17. The largest absolute Gasteiger partial charge is 0.481 e. The number of carboxylic acids is 1. The molecule has 1 aliphatic rings. The van der Waals surface area contributed by atoms with E-state index in [-0.39, 0.29) is 12.5 Å².